The molecule has 0 aliphatic heterocycles. The van der Waals surface area contributed by atoms with Gasteiger partial charge in [-0.1, -0.05) is 25.9 Å². The van der Waals surface area contributed by atoms with Crippen molar-refractivity contribution in [3.8, 4) is 5.75 Å². The summed E-state index contributed by atoms with van der Waals surface area (Å²) in [5, 5.41) is 18.8. The Morgan fingerprint density at radius 2 is 1.82 bits per heavy atom. The minimum atomic E-state index is -0.415. The van der Waals surface area contributed by atoms with Gasteiger partial charge in [-0.05, 0) is 37.1 Å². The van der Waals surface area contributed by atoms with Crippen LogP contribution in [0.15, 0.2) is 22.7 Å². The molecule has 3 N–H and O–H groups in total. The molecule has 2 rings (SSSR count). The van der Waals surface area contributed by atoms with Gasteiger partial charge in [0.15, 0.2) is 5.82 Å². The van der Waals surface area contributed by atoms with Gasteiger partial charge in [-0.25, -0.2) is 4.79 Å². The first-order chi connectivity index (χ1) is 10.2. The zero-order chi connectivity index (χ0) is 16.5. The van der Waals surface area contributed by atoms with Crippen molar-refractivity contribution in [3.63, 3.8) is 0 Å². The monoisotopic (exact) mass is 303 g/mol. The predicted octanol–water partition coefficient (Wildman–Crippen LogP) is 3.94. The van der Waals surface area contributed by atoms with E-state index in [0.29, 0.717) is 22.8 Å². The molecule has 0 saturated carbocycles. The first-order valence-corrected chi connectivity index (χ1v) is 7.02. The fraction of sp³-hybridized carbons (Fsp3) is 0.375. The third-order valence-corrected chi connectivity index (χ3v) is 3.28. The van der Waals surface area contributed by atoms with Crippen LogP contribution in [0, 0.1) is 13.8 Å². The topological polar surface area (TPSA) is 87.4 Å². The highest BCUT2D eigenvalue weighted by atomic mass is 16.5. The lowest BCUT2D eigenvalue weighted by Gasteiger charge is -2.12. The van der Waals surface area contributed by atoms with E-state index in [1.54, 1.807) is 25.1 Å². The Morgan fingerprint density at radius 1 is 1.14 bits per heavy atom. The van der Waals surface area contributed by atoms with E-state index in [0.717, 1.165) is 5.56 Å². The van der Waals surface area contributed by atoms with Crippen LogP contribution in [0.1, 0.15) is 37.7 Å². The van der Waals surface area contributed by atoms with E-state index in [1.165, 1.54) is 0 Å². The van der Waals surface area contributed by atoms with Crippen LogP contribution in [0.4, 0.5) is 16.3 Å². The maximum absolute atomic E-state index is 12.0. The minimum absolute atomic E-state index is 0.173. The second-order valence-corrected chi connectivity index (χ2v) is 6.36. The summed E-state index contributed by atoms with van der Waals surface area (Å²) in [4.78, 5) is 12.0. The predicted molar refractivity (Wildman–Crippen MR) is 85.4 cm³/mol. The average molecular weight is 303 g/mol. The number of hydrogen-bond donors (Lipinski definition) is 3. The summed E-state index contributed by atoms with van der Waals surface area (Å²) in [5.74, 6) is 1.25. The van der Waals surface area contributed by atoms with Gasteiger partial charge in [0.25, 0.3) is 0 Å². The van der Waals surface area contributed by atoms with E-state index >= 15 is 0 Å². The number of rotatable bonds is 2. The Morgan fingerprint density at radius 3 is 2.41 bits per heavy atom. The van der Waals surface area contributed by atoms with Crippen molar-refractivity contribution in [1.82, 2.24) is 5.16 Å². The Bertz CT molecular complexity index is 699. The van der Waals surface area contributed by atoms with Gasteiger partial charge >= 0.3 is 6.03 Å². The van der Waals surface area contributed by atoms with Crippen molar-refractivity contribution in [1.29, 1.82) is 0 Å². The fourth-order valence-electron chi connectivity index (χ4n) is 1.89. The SMILES string of the molecule is Cc1cc(NC(=O)Nc2cc(C(C)(C)C)on2)c(C)cc1O. The number of anilines is 2. The highest BCUT2D eigenvalue weighted by Crippen LogP contribution is 2.26. The second kappa shape index (κ2) is 5.71. The number of phenolic OH excluding ortho intramolecular Hbond substituents is 1. The number of phenols is 1. The van der Waals surface area contributed by atoms with Gasteiger partial charge in [-0.2, -0.15) is 0 Å². The van der Waals surface area contributed by atoms with Crippen molar-refractivity contribution in [3.05, 3.63) is 35.1 Å². The zero-order valence-corrected chi connectivity index (χ0v) is 13.4. The van der Waals surface area contributed by atoms with Gasteiger partial charge in [0.1, 0.15) is 11.5 Å². The van der Waals surface area contributed by atoms with Crippen molar-refractivity contribution < 1.29 is 14.4 Å². The number of aromatic hydroxyl groups is 1. The maximum atomic E-state index is 12.0. The molecule has 6 heteroatoms. The van der Waals surface area contributed by atoms with Crippen LogP contribution in [0.25, 0.3) is 0 Å². The largest absolute Gasteiger partial charge is 0.508 e. The van der Waals surface area contributed by atoms with Crippen molar-refractivity contribution in [2.75, 3.05) is 10.6 Å². The molecule has 0 fully saturated rings. The molecule has 22 heavy (non-hydrogen) atoms. The molecule has 1 heterocycles. The fourth-order valence-corrected chi connectivity index (χ4v) is 1.89. The van der Waals surface area contributed by atoms with Crippen LogP contribution in [-0.2, 0) is 5.41 Å². The van der Waals surface area contributed by atoms with Crippen LogP contribution in [0.2, 0.25) is 0 Å². The highest BCUT2D eigenvalue weighted by Gasteiger charge is 2.20. The van der Waals surface area contributed by atoms with Crippen LogP contribution < -0.4 is 10.6 Å². The summed E-state index contributed by atoms with van der Waals surface area (Å²) < 4.78 is 5.21. The normalized spacial score (nSPS) is 11.3. The van der Waals surface area contributed by atoms with Crippen LogP contribution in [0.5, 0.6) is 5.75 Å². The smallest absolute Gasteiger partial charge is 0.324 e. The number of aryl methyl sites for hydroxylation is 2. The van der Waals surface area contributed by atoms with E-state index in [2.05, 4.69) is 15.8 Å². The van der Waals surface area contributed by atoms with Gasteiger partial charge in [-0.15, -0.1) is 0 Å². The first-order valence-electron chi connectivity index (χ1n) is 7.02. The lowest BCUT2D eigenvalue weighted by atomic mass is 9.93. The summed E-state index contributed by atoms with van der Waals surface area (Å²) in [5.41, 5.74) is 1.92. The molecule has 0 unspecified atom stereocenters. The average Bonchev–Trinajstić information content (AvgIpc) is 2.84. The number of carbonyl (C=O) groups is 1. The molecule has 2 aromatic rings. The molecule has 118 valence electrons. The van der Waals surface area contributed by atoms with Gasteiger partial charge in [0, 0.05) is 17.2 Å². The molecule has 2 amide bonds. The van der Waals surface area contributed by atoms with Gasteiger partial charge < -0.3 is 14.9 Å². The highest BCUT2D eigenvalue weighted by molar-refractivity contribution is 5.99. The van der Waals surface area contributed by atoms with E-state index in [1.807, 2.05) is 27.7 Å². The zero-order valence-electron chi connectivity index (χ0n) is 13.4. The molecule has 1 aromatic carbocycles. The third kappa shape index (κ3) is 3.58. The lowest BCUT2D eigenvalue weighted by Crippen LogP contribution is -2.20. The Balaban J connectivity index is 2.08. The lowest BCUT2D eigenvalue weighted by molar-refractivity contribution is 0.262. The summed E-state index contributed by atoms with van der Waals surface area (Å²) in [6.45, 7) is 9.58. The van der Waals surface area contributed by atoms with Crippen molar-refractivity contribution in [2.24, 2.45) is 0 Å². The van der Waals surface area contributed by atoms with Gasteiger partial charge in [0.05, 0.1) is 0 Å². The van der Waals surface area contributed by atoms with E-state index in [-0.39, 0.29) is 11.2 Å². The van der Waals surface area contributed by atoms with Crippen molar-refractivity contribution >= 4 is 17.5 Å². The van der Waals surface area contributed by atoms with Crippen LogP contribution in [-0.4, -0.2) is 16.3 Å². The van der Waals surface area contributed by atoms with E-state index in [9.17, 15) is 9.90 Å². The summed E-state index contributed by atoms with van der Waals surface area (Å²) in [6, 6.07) is 4.61. The number of nitrogens with zero attached hydrogens (tertiary/aromatic N) is 1. The van der Waals surface area contributed by atoms with Gasteiger partial charge in [-0.3, -0.25) is 5.32 Å². The molecule has 0 aliphatic carbocycles. The molecule has 0 bridgehead atoms. The summed E-state index contributed by atoms with van der Waals surface area (Å²) >= 11 is 0. The maximum Gasteiger partial charge on any atom is 0.324 e. The molecule has 0 aliphatic rings. The Kier molecular flexibility index (Phi) is 4.12. The number of carbonyl (C=O) groups excluding carboxylic acids is 1. The molecule has 6 nitrogen and oxygen atoms in total. The van der Waals surface area contributed by atoms with E-state index < -0.39 is 6.03 Å². The van der Waals surface area contributed by atoms with Crippen LogP contribution >= 0.6 is 0 Å². The summed E-state index contributed by atoms with van der Waals surface area (Å²) in [7, 11) is 0. The number of hydrogen-bond acceptors (Lipinski definition) is 4. The Hall–Kier alpha value is -2.50. The standard InChI is InChI=1S/C16H21N3O3/c1-9-7-12(20)10(2)6-11(9)17-15(21)18-14-8-13(22-19-14)16(3,4)5/h6-8,20H,1-5H3,(H2,17,18,19,21). The molecule has 0 atom stereocenters. The van der Waals surface area contributed by atoms with Crippen LogP contribution in [0.3, 0.4) is 0 Å². The number of benzene rings is 1. The number of aromatic nitrogens is 1. The van der Waals surface area contributed by atoms with E-state index in [4.69, 9.17) is 4.52 Å². The second-order valence-electron chi connectivity index (χ2n) is 6.36. The quantitative estimate of drug-likeness (QED) is 0.733. The number of urea groups is 1. The summed E-state index contributed by atoms with van der Waals surface area (Å²) in [6.07, 6.45) is 0. The Labute approximate surface area is 129 Å². The van der Waals surface area contributed by atoms with Crippen molar-refractivity contribution in [2.45, 2.75) is 40.0 Å². The molecule has 1 aromatic heterocycles. The number of nitrogens with one attached hydrogen (secondary N) is 2. The first kappa shape index (κ1) is 15.9. The molecular weight excluding hydrogens is 282 g/mol. The molecule has 0 spiro atoms. The minimum Gasteiger partial charge on any atom is -0.508 e. The van der Waals surface area contributed by atoms with Gasteiger partial charge in [0.2, 0.25) is 0 Å². The molecule has 0 radical (unpaired) electrons. The third-order valence-electron chi connectivity index (χ3n) is 3.28. The number of amides is 2. The molecular formula is C16H21N3O3. The molecule has 0 saturated heterocycles.